The smallest absolute Gasteiger partial charge is 0.0596 e. The second kappa shape index (κ2) is 7.71. The normalized spacial score (nSPS) is 12.6. The predicted octanol–water partition coefficient (Wildman–Crippen LogP) is 3.65. The van der Waals surface area contributed by atoms with Gasteiger partial charge in [0, 0.05) is 41.6 Å². The van der Waals surface area contributed by atoms with Gasteiger partial charge in [-0.3, -0.25) is 9.67 Å². The number of nitrogens with one attached hydrogen (secondary N) is 1. The quantitative estimate of drug-likeness (QED) is 0.828. The summed E-state index contributed by atoms with van der Waals surface area (Å²) < 4.78 is 3.10. The third-order valence-electron chi connectivity index (χ3n) is 3.47. The van der Waals surface area contributed by atoms with E-state index in [1.807, 2.05) is 19.3 Å². The lowest BCUT2D eigenvalue weighted by Crippen LogP contribution is -2.25. The molecular formula is C16H23BrN4. The summed E-state index contributed by atoms with van der Waals surface area (Å²) in [6.07, 6.45) is 5.80. The minimum atomic E-state index is 0.261. The third kappa shape index (κ3) is 4.38. The van der Waals surface area contributed by atoms with Gasteiger partial charge in [-0.1, -0.05) is 6.92 Å². The molecule has 0 saturated carbocycles. The lowest BCUT2D eigenvalue weighted by atomic mass is 10.0. The molecule has 0 aliphatic rings. The van der Waals surface area contributed by atoms with E-state index in [1.54, 1.807) is 0 Å². The van der Waals surface area contributed by atoms with Crippen LogP contribution in [0, 0.1) is 6.92 Å². The van der Waals surface area contributed by atoms with Gasteiger partial charge in [0.15, 0.2) is 0 Å². The molecule has 1 atom stereocenters. The van der Waals surface area contributed by atoms with Gasteiger partial charge in [0.25, 0.3) is 0 Å². The lowest BCUT2D eigenvalue weighted by molar-refractivity contribution is 0.501. The number of hydrogen-bond donors (Lipinski definition) is 1. The van der Waals surface area contributed by atoms with Crippen molar-refractivity contribution >= 4 is 15.9 Å². The first kappa shape index (κ1) is 16.2. The minimum Gasteiger partial charge on any atom is -0.310 e. The molecule has 0 saturated heterocycles. The van der Waals surface area contributed by atoms with Gasteiger partial charge in [0.2, 0.25) is 0 Å². The molecule has 4 nitrogen and oxygen atoms in total. The summed E-state index contributed by atoms with van der Waals surface area (Å²) in [7, 11) is 0. The monoisotopic (exact) mass is 350 g/mol. The number of halogens is 1. The van der Waals surface area contributed by atoms with Crippen molar-refractivity contribution < 1.29 is 0 Å². The third-order valence-corrected chi connectivity index (χ3v) is 3.90. The van der Waals surface area contributed by atoms with Crippen LogP contribution in [0.25, 0.3) is 0 Å². The summed E-state index contributed by atoms with van der Waals surface area (Å²) in [6, 6.07) is 4.58. The fraction of sp³-hybridized carbons (Fsp3) is 0.500. The fourth-order valence-corrected chi connectivity index (χ4v) is 2.87. The zero-order valence-corrected chi connectivity index (χ0v) is 14.5. The van der Waals surface area contributed by atoms with E-state index in [4.69, 9.17) is 0 Å². The van der Waals surface area contributed by atoms with E-state index in [-0.39, 0.29) is 6.04 Å². The van der Waals surface area contributed by atoms with Gasteiger partial charge in [0.1, 0.15) is 0 Å². The van der Waals surface area contributed by atoms with Gasteiger partial charge in [-0.05, 0) is 60.4 Å². The summed E-state index contributed by atoms with van der Waals surface area (Å²) >= 11 is 3.51. The molecule has 0 aliphatic carbocycles. The first-order valence-corrected chi connectivity index (χ1v) is 8.30. The standard InChI is InChI=1S/C16H23BrN4/c1-4-6-19-16(13-8-14(17)11-18-10-13)9-15-7-12(3)20-21(15)5-2/h7-8,10-11,16,19H,4-6,9H2,1-3H3. The second-order valence-corrected chi connectivity index (χ2v) is 6.16. The number of nitrogens with zero attached hydrogens (tertiary/aromatic N) is 3. The molecule has 1 unspecified atom stereocenters. The molecule has 21 heavy (non-hydrogen) atoms. The Hall–Kier alpha value is -1.20. The Labute approximate surface area is 135 Å². The van der Waals surface area contributed by atoms with Crippen molar-refractivity contribution in [2.45, 2.75) is 46.2 Å². The highest BCUT2D eigenvalue weighted by atomic mass is 79.9. The van der Waals surface area contributed by atoms with Gasteiger partial charge in [-0.15, -0.1) is 0 Å². The van der Waals surface area contributed by atoms with Crippen molar-refractivity contribution in [3.8, 4) is 0 Å². The van der Waals surface area contributed by atoms with E-state index in [0.29, 0.717) is 0 Å². The van der Waals surface area contributed by atoms with Crippen LogP contribution >= 0.6 is 15.9 Å². The number of aromatic nitrogens is 3. The highest BCUT2D eigenvalue weighted by molar-refractivity contribution is 9.10. The minimum absolute atomic E-state index is 0.261. The van der Waals surface area contributed by atoms with E-state index in [0.717, 1.165) is 36.1 Å². The van der Waals surface area contributed by atoms with Gasteiger partial charge in [0.05, 0.1) is 5.69 Å². The molecule has 2 aromatic rings. The maximum absolute atomic E-state index is 4.54. The zero-order chi connectivity index (χ0) is 15.2. The fourth-order valence-electron chi connectivity index (χ4n) is 2.49. The lowest BCUT2D eigenvalue weighted by Gasteiger charge is -2.19. The Kier molecular flexibility index (Phi) is 5.94. The molecule has 0 radical (unpaired) electrons. The molecule has 5 heteroatoms. The summed E-state index contributed by atoms with van der Waals surface area (Å²) in [5, 5.41) is 8.16. The summed E-state index contributed by atoms with van der Waals surface area (Å²) in [5.74, 6) is 0. The van der Waals surface area contributed by atoms with Crippen LogP contribution in [0.5, 0.6) is 0 Å². The van der Waals surface area contributed by atoms with Crippen molar-refractivity contribution in [3.63, 3.8) is 0 Å². The van der Waals surface area contributed by atoms with Gasteiger partial charge < -0.3 is 5.32 Å². The van der Waals surface area contributed by atoms with E-state index in [9.17, 15) is 0 Å². The summed E-state index contributed by atoms with van der Waals surface area (Å²) in [5.41, 5.74) is 3.55. The van der Waals surface area contributed by atoms with Crippen molar-refractivity contribution in [3.05, 3.63) is 46.0 Å². The molecule has 1 N–H and O–H groups in total. The Morgan fingerprint density at radius 2 is 2.10 bits per heavy atom. The van der Waals surface area contributed by atoms with Crippen LogP contribution < -0.4 is 5.32 Å². The van der Waals surface area contributed by atoms with Gasteiger partial charge >= 0.3 is 0 Å². The maximum Gasteiger partial charge on any atom is 0.0596 e. The number of aryl methyl sites for hydroxylation is 2. The van der Waals surface area contributed by atoms with E-state index < -0.39 is 0 Å². The van der Waals surface area contributed by atoms with Crippen molar-refractivity contribution in [2.24, 2.45) is 0 Å². The van der Waals surface area contributed by atoms with E-state index >= 15 is 0 Å². The van der Waals surface area contributed by atoms with Crippen LogP contribution in [0.15, 0.2) is 29.0 Å². The predicted molar refractivity (Wildman–Crippen MR) is 89.3 cm³/mol. The first-order chi connectivity index (χ1) is 10.1. The molecule has 0 spiro atoms. The molecule has 2 aromatic heterocycles. The SMILES string of the molecule is CCCNC(Cc1cc(C)nn1CC)c1cncc(Br)c1. The van der Waals surface area contributed by atoms with Crippen LogP contribution in [0.3, 0.4) is 0 Å². The summed E-state index contributed by atoms with van der Waals surface area (Å²) in [4.78, 5) is 4.29. The topological polar surface area (TPSA) is 42.7 Å². The number of rotatable bonds is 7. The molecule has 0 amide bonds. The second-order valence-electron chi connectivity index (χ2n) is 5.24. The Bertz CT molecular complexity index is 579. The van der Waals surface area contributed by atoms with E-state index in [1.165, 1.54) is 11.3 Å². The van der Waals surface area contributed by atoms with Crippen molar-refractivity contribution in [1.82, 2.24) is 20.1 Å². The highest BCUT2D eigenvalue weighted by Crippen LogP contribution is 2.21. The molecule has 2 rings (SSSR count). The van der Waals surface area contributed by atoms with Crippen LogP contribution in [0.4, 0.5) is 0 Å². The van der Waals surface area contributed by atoms with Crippen LogP contribution in [-0.4, -0.2) is 21.3 Å². The zero-order valence-electron chi connectivity index (χ0n) is 12.9. The number of pyridine rings is 1. The van der Waals surface area contributed by atoms with Crippen LogP contribution in [-0.2, 0) is 13.0 Å². The van der Waals surface area contributed by atoms with Gasteiger partial charge in [-0.25, -0.2) is 0 Å². The average Bonchev–Trinajstić information content (AvgIpc) is 2.83. The van der Waals surface area contributed by atoms with Gasteiger partial charge in [-0.2, -0.15) is 5.10 Å². The molecular weight excluding hydrogens is 328 g/mol. The molecule has 2 heterocycles. The Morgan fingerprint density at radius 1 is 1.29 bits per heavy atom. The highest BCUT2D eigenvalue weighted by Gasteiger charge is 2.15. The molecule has 114 valence electrons. The van der Waals surface area contributed by atoms with E-state index in [2.05, 4.69) is 62.0 Å². The van der Waals surface area contributed by atoms with Crippen molar-refractivity contribution in [1.29, 1.82) is 0 Å². The molecule has 0 aliphatic heterocycles. The summed E-state index contributed by atoms with van der Waals surface area (Å²) in [6.45, 7) is 8.26. The van der Waals surface area contributed by atoms with Crippen LogP contribution in [0.1, 0.15) is 43.3 Å². The number of hydrogen-bond acceptors (Lipinski definition) is 3. The molecule has 0 aromatic carbocycles. The largest absolute Gasteiger partial charge is 0.310 e. The maximum atomic E-state index is 4.54. The molecule has 0 fully saturated rings. The Balaban J connectivity index is 2.23. The van der Waals surface area contributed by atoms with Crippen molar-refractivity contribution in [2.75, 3.05) is 6.54 Å². The molecule has 0 bridgehead atoms. The van der Waals surface area contributed by atoms with Crippen LogP contribution in [0.2, 0.25) is 0 Å². The first-order valence-electron chi connectivity index (χ1n) is 7.51. The average molecular weight is 351 g/mol. The Morgan fingerprint density at radius 3 is 2.76 bits per heavy atom.